The third-order valence-corrected chi connectivity index (χ3v) is 8.63. The molecule has 9 heteroatoms. The number of rotatable bonds is 6. The number of carbonyl (C=O) groups is 1. The summed E-state index contributed by atoms with van der Waals surface area (Å²) in [5, 5.41) is 9.01. The largest absolute Gasteiger partial charge is 0.365 e. The van der Waals surface area contributed by atoms with Crippen LogP contribution in [0.25, 0.3) is 10.9 Å². The molecule has 1 amide bonds. The molecule has 35 heavy (non-hydrogen) atoms. The molecule has 0 atom stereocenters. The second-order valence-electron chi connectivity index (χ2n) is 9.77. The van der Waals surface area contributed by atoms with E-state index in [0.717, 1.165) is 50.0 Å². The fourth-order valence-electron chi connectivity index (χ4n) is 5.35. The number of anilines is 1. The molecule has 8 nitrogen and oxygen atoms in total. The molecule has 2 aliphatic rings. The van der Waals surface area contributed by atoms with E-state index in [1.165, 1.54) is 27.2 Å². The van der Waals surface area contributed by atoms with Gasteiger partial charge in [0.05, 0.1) is 24.0 Å². The van der Waals surface area contributed by atoms with Crippen LogP contribution < -0.4 is 10.2 Å². The van der Waals surface area contributed by atoms with E-state index in [9.17, 15) is 13.2 Å². The van der Waals surface area contributed by atoms with E-state index in [0.29, 0.717) is 31.1 Å². The Morgan fingerprint density at radius 2 is 1.89 bits per heavy atom. The minimum Gasteiger partial charge on any atom is -0.365 e. The van der Waals surface area contributed by atoms with Gasteiger partial charge in [-0.25, -0.2) is 12.7 Å². The SMILES string of the molecule is Cn1nc(CN2CCCc3cc(C(=O)NCC4CCN(S(C)(=O)=O)CC4)ccc32)c2ccccc21. The van der Waals surface area contributed by atoms with Crippen molar-refractivity contribution in [3.05, 3.63) is 59.3 Å². The number of nitrogens with zero attached hydrogens (tertiary/aromatic N) is 4. The molecule has 0 radical (unpaired) electrons. The van der Waals surface area contributed by atoms with Crippen LogP contribution in [-0.2, 0) is 30.0 Å². The first kappa shape index (κ1) is 23.8. The molecular weight excluding hydrogens is 462 g/mol. The average molecular weight is 496 g/mol. The summed E-state index contributed by atoms with van der Waals surface area (Å²) in [5.74, 6) is 0.240. The fourth-order valence-corrected chi connectivity index (χ4v) is 6.23. The van der Waals surface area contributed by atoms with Crippen LogP contribution in [0.2, 0.25) is 0 Å². The van der Waals surface area contributed by atoms with Crippen LogP contribution >= 0.6 is 0 Å². The number of aryl methyl sites for hydroxylation is 2. The lowest BCUT2D eigenvalue weighted by Gasteiger charge is -2.31. The molecular formula is C26H33N5O3S. The Balaban J connectivity index is 1.23. The van der Waals surface area contributed by atoms with Crippen molar-refractivity contribution < 1.29 is 13.2 Å². The minimum atomic E-state index is -3.13. The Kier molecular flexibility index (Phi) is 6.55. The van der Waals surface area contributed by atoms with E-state index in [1.807, 2.05) is 29.9 Å². The maximum absolute atomic E-state index is 12.9. The second-order valence-corrected chi connectivity index (χ2v) is 11.8. The first-order valence-corrected chi connectivity index (χ1v) is 14.2. The topological polar surface area (TPSA) is 87.5 Å². The van der Waals surface area contributed by atoms with Gasteiger partial charge in [0.15, 0.2) is 0 Å². The summed E-state index contributed by atoms with van der Waals surface area (Å²) in [6.45, 7) is 3.34. The number of hydrogen-bond donors (Lipinski definition) is 1. The van der Waals surface area contributed by atoms with Crippen molar-refractivity contribution in [2.45, 2.75) is 32.2 Å². The molecule has 3 heterocycles. The van der Waals surface area contributed by atoms with Gasteiger partial charge in [-0.2, -0.15) is 5.10 Å². The van der Waals surface area contributed by atoms with Gasteiger partial charge in [0.1, 0.15) is 0 Å². The van der Waals surface area contributed by atoms with Crippen LogP contribution in [0.3, 0.4) is 0 Å². The van der Waals surface area contributed by atoms with Crippen LogP contribution in [-0.4, -0.2) is 60.8 Å². The molecule has 5 rings (SSSR count). The summed E-state index contributed by atoms with van der Waals surface area (Å²) in [6.07, 6.45) is 4.80. The molecule has 1 saturated heterocycles. The number of amides is 1. The van der Waals surface area contributed by atoms with Crippen LogP contribution in [0.1, 0.15) is 40.9 Å². The molecule has 186 valence electrons. The summed E-state index contributed by atoms with van der Waals surface area (Å²) < 4.78 is 26.8. The van der Waals surface area contributed by atoms with E-state index in [4.69, 9.17) is 5.10 Å². The van der Waals surface area contributed by atoms with Crippen LogP contribution in [0.4, 0.5) is 5.69 Å². The lowest BCUT2D eigenvalue weighted by atomic mass is 9.97. The highest BCUT2D eigenvalue weighted by molar-refractivity contribution is 7.88. The van der Waals surface area contributed by atoms with Crippen LogP contribution in [0, 0.1) is 5.92 Å². The smallest absolute Gasteiger partial charge is 0.251 e. The van der Waals surface area contributed by atoms with Crippen molar-refractivity contribution >= 4 is 32.5 Å². The summed E-state index contributed by atoms with van der Waals surface area (Å²) in [4.78, 5) is 15.2. The number of nitrogens with one attached hydrogen (secondary N) is 1. The van der Waals surface area contributed by atoms with E-state index in [2.05, 4.69) is 34.5 Å². The van der Waals surface area contributed by atoms with Crippen molar-refractivity contribution in [3.8, 4) is 0 Å². The van der Waals surface area contributed by atoms with Crippen molar-refractivity contribution in [1.82, 2.24) is 19.4 Å². The van der Waals surface area contributed by atoms with Crippen molar-refractivity contribution in [2.75, 3.05) is 37.3 Å². The fraction of sp³-hybridized carbons (Fsp3) is 0.462. The van der Waals surface area contributed by atoms with E-state index in [1.54, 1.807) is 0 Å². The first-order valence-electron chi connectivity index (χ1n) is 12.3. The monoisotopic (exact) mass is 495 g/mol. The van der Waals surface area contributed by atoms with Gasteiger partial charge in [-0.3, -0.25) is 9.48 Å². The zero-order valence-electron chi connectivity index (χ0n) is 20.4. The number of benzene rings is 2. The Morgan fingerprint density at radius 1 is 1.11 bits per heavy atom. The van der Waals surface area contributed by atoms with Gasteiger partial charge in [-0.05, 0) is 61.4 Å². The molecule has 1 N–H and O–H groups in total. The quantitative estimate of drug-likeness (QED) is 0.568. The summed E-state index contributed by atoms with van der Waals surface area (Å²) in [5.41, 5.74) is 5.26. The number of piperidine rings is 1. The van der Waals surface area contributed by atoms with E-state index in [-0.39, 0.29) is 5.91 Å². The molecule has 0 bridgehead atoms. The first-order chi connectivity index (χ1) is 16.8. The lowest BCUT2D eigenvalue weighted by Crippen LogP contribution is -2.41. The molecule has 0 saturated carbocycles. The molecule has 0 spiro atoms. The zero-order chi connectivity index (χ0) is 24.6. The van der Waals surface area contributed by atoms with Crippen molar-refractivity contribution in [1.29, 1.82) is 0 Å². The van der Waals surface area contributed by atoms with Gasteiger partial charge >= 0.3 is 0 Å². The summed E-state index contributed by atoms with van der Waals surface area (Å²) >= 11 is 0. The highest BCUT2D eigenvalue weighted by atomic mass is 32.2. The minimum absolute atomic E-state index is 0.0637. The highest BCUT2D eigenvalue weighted by Crippen LogP contribution is 2.30. The third-order valence-electron chi connectivity index (χ3n) is 7.33. The predicted octanol–water partition coefficient (Wildman–Crippen LogP) is 2.93. The molecule has 2 aromatic carbocycles. The Morgan fingerprint density at radius 3 is 2.66 bits per heavy atom. The normalized spacial score (nSPS) is 17.5. The van der Waals surface area contributed by atoms with Gasteiger partial charge in [0, 0.05) is 49.9 Å². The van der Waals surface area contributed by atoms with Crippen LogP contribution in [0.15, 0.2) is 42.5 Å². The average Bonchev–Trinajstić information content (AvgIpc) is 3.17. The zero-order valence-corrected chi connectivity index (χ0v) is 21.2. The predicted molar refractivity (Wildman–Crippen MR) is 138 cm³/mol. The standard InChI is InChI=1S/C26H33N5O3S/c1-29-25-8-4-3-7-22(25)23(28-29)18-30-13-5-6-20-16-21(9-10-24(20)30)26(32)27-17-19-11-14-31(15-12-19)35(2,33)34/h3-4,7-10,16,19H,5-6,11-15,17-18H2,1-2H3,(H,27,32). The summed E-state index contributed by atoms with van der Waals surface area (Å²) in [6, 6.07) is 14.3. The number of carbonyl (C=O) groups excluding carboxylic acids is 1. The Bertz CT molecular complexity index is 1340. The number of aromatic nitrogens is 2. The number of fused-ring (bicyclic) bond motifs is 2. The third kappa shape index (κ3) is 5.06. The Labute approximate surface area is 207 Å². The van der Waals surface area contributed by atoms with Gasteiger partial charge in [-0.15, -0.1) is 0 Å². The number of hydrogen-bond acceptors (Lipinski definition) is 5. The molecule has 2 aliphatic heterocycles. The van der Waals surface area contributed by atoms with Crippen molar-refractivity contribution in [2.24, 2.45) is 13.0 Å². The second kappa shape index (κ2) is 9.62. The maximum atomic E-state index is 12.9. The van der Waals surface area contributed by atoms with Gasteiger partial charge in [-0.1, -0.05) is 18.2 Å². The Hall–Kier alpha value is -2.91. The number of para-hydroxylation sites is 1. The molecule has 0 aliphatic carbocycles. The lowest BCUT2D eigenvalue weighted by molar-refractivity contribution is 0.0941. The van der Waals surface area contributed by atoms with Gasteiger partial charge < -0.3 is 10.2 Å². The maximum Gasteiger partial charge on any atom is 0.251 e. The van der Waals surface area contributed by atoms with Crippen LogP contribution in [0.5, 0.6) is 0 Å². The van der Waals surface area contributed by atoms with Gasteiger partial charge in [0.2, 0.25) is 10.0 Å². The number of sulfonamides is 1. The molecule has 1 fully saturated rings. The molecule has 3 aromatic rings. The van der Waals surface area contributed by atoms with Gasteiger partial charge in [0.25, 0.3) is 5.91 Å². The molecule has 1 aromatic heterocycles. The van der Waals surface area contributed by atoms with Crippen molar-refractivity contribution in [3.63, 3.8) is 0 Å². The highest BCUT2D eigenvalue weighted by Gasteiger charge is 2.25. The van der Waals surface area contributed by atoms with E-state index >= 15 is 0 Å². The molecule has 0 unspecified atom stereocenters. The summed E-state index contributed by atoms with van der Waals surface area (Å²) in [7, 11) is -1.15. The van der Waals surface area contributed by atoms with E-state index < -0.39 is 10.0 Å².